The molecule has 0 saturated heterocycles. The van der Waals surface area contributed by atoms with E-state index >= 15 is 0 Å². The number of nitrogens with one attached hydrogen (secondary N) is 3. The summed E-state index contributed by atoms with van der Waals surface area (Å²) in [5, 5.41) is 0. The monoisotopic (exact) mass is 377 g/mol. The summed E-state index contributed by atoms with van der Waals surface area (Å²) in [6.07, 6.45) is 4.98. The lowest BCUT2D eigenvalue weighted by Crippen LogP contribution is -2.41. The summed E-state index contributed by atoms with van der Waals surface area (Å²) < 4.78 is 32.5. The Balaban J connectivity index is 1.66. The number of benzene rings is 1. The van der Waals surface area contributed by atoms with E-state index in [-0.39, 0.29) is 22.3 Å². The largest absolute Gasteiger partial charge is 0.459 e. The van der Waals surface area contributed by atoms with Crippen LogP contribution < -0.4 is 15.6 Å². The average molecular weight is 377 g/mol. The summed E-state index contributed by atoms with van der Waals surface area (Å²) in [5.74, 6) is -1.21. The smallest absolute Gasteiger partial charge is 0.305 e. The first-order valence-electron chi connectivity index (χ1n) is 8.22. The van der Waals surface area contributed by atoms with Crippen molar-refractivity contribution in [3.8, 4) is 0 Å². The lowest BCUT2D eigenvalue weighted by molar-refractivity contribution is 0.0831. The van der Waals surface area contributed by atoms with Crippen LogP contribution in [0.15, 0.2) is 52.0 Å². The third kappa shape index (κ3) is 4.30. The quantitative estimate of drug-likeness (QED) is 0.684. The topological polar surface area (TPSA) is 118 Å². The van der Waals surface area contributed by atoms with E-state index in [9.17, 15) is 18.0 Å². The number of hydrogen-bond acceptors (Lipinski definition) is 5. The highest BCUT2D eigenvalue weighted by Crippen LogP contribution is 2.20. The molecular formula is C17H19N3O5S. The van der Waals surface area contributed by atoms with E-state index in [0.717, 1.165) is 25.7 Å². The summed E-state index contributed by atoms with van der Waals surface area (Å²) in [6, 6.07) is 8.56. The number of furan rings is 1. The van der Waals surface area contributed by atoms with E-state index in [0.29, 0.717) is 0 Å². The van der Waals surface area contributed by atoms with Gasteiger partial charge in [0.1, 0.15) is 0 Å². The molecule has 0 spiro atoms. The van der Waals surface area contributed by atoms with Gasteiger partial charge in [-0.25, -0.2) is 13.1 Å². The van der Waals surface area contributed by atoms with Gasteiger partial charge in [0.25, 0.3) is 5.91 Å². The number of amides is 2. The Morgan fingerprint density at radius 2 is 1.73 bits per heavy atom. The molecule has 0 radical (unpaired) electrons. The molecule has 0 atom stereocenters. The molecular weight excluding hydrogens is 358 g/mol. The highest BCUT2D eigenvalue weighted by Gasteiger charge is 2.23. The Morgan fingerprint density at radius 1 is 1.00 bits per heavy atom. The molecule has 8 nitrogen and oxygen atoms in total. The van der Waals surface area contributed by atoms with Gasteiger partial charge in [-0.15, -0.1) is 0 Å². The maximum atomic E-state index is 12.5. The Bertz CT molecular complexity index is 887. The van der Waals surface area contributed by atoms with Gasteiger partial charge in [-0.05, 0) is 43.2 Å². The van der Waals surface area contributed by atoms with Crippen LogP contribution in [0, 0.1) is 0 Å². The third-order valence-electron chi connectivity index (χ3n) is 4.12. The van der Waals surface area contributed by atoms with E-state index in [1.54, 1.807) is 6.07 Å². The second-order valence-electron chi connectivity index (χ2n) is 6.02. The molecule has 1 aromatic carbocycles. The van der Waals surface area contributed by atoms with Crippen LogP contribution in [0.3, 0.4) is 0 Å². The van der Waals surface area contributed by atoms with Crippen LogP contribution in [0.2, 0.25) is 0 Å². The molecule has 1 heterocycles. The van der Waals surface area contributed by atoms with Crippen LogP contribution in [-0.4, -0.2) is 26.3 Å². The fourth-order valence-corrected chi connectivity index (χ4v) is 4.14. The fourth-order valence-electron chi connectivity index (χ4n) is 2.79. The zero-order chi connectivity index (χ0) is 18.6. The zero-order valence-electron chi connectivity index (χ0n) is 13.9. The van der Waals surface area contributed by atoms with Gasteiger partial charge in [-0.2, -0.15) is 0 Å². The van der Waals surface area contributed by atoms with Crippen molar-refractivity contribution in [2.75, 3.05) is 0 Å². The van der Waals surface area contributed by atoms with Gasteiger partial charge in [0, 0.05) is 11.6 Å². The van der Waals surface area contributed by atoms with Crippen LogP contribution in [0.1, 0.15) is 46.6 Å². The van der Waals surface area contributed by atoms with Crippen LogP contribution in [0.25, 0.3) is 0 Å². The number of sulfonamides is 1. The standard InChI is InChI=1S/C17H19N3O5S/c21-16(18-19-17(22)15-9-4-10-25-15)12-5-3-8-14(11-12)26(23,24)20-13-6-1-2-7-13/h3-5,8-11,13,20H,1-2,6-7H2,(H,18,21)(H,19,22). The summed E-state index contributed by atoms with van der Waals surface area (Å²) in [5.41, 5.74) is 4.54. The van der Waals surface area contributed by atoms with Crippen molar-refractivity contribution in [2.45, 2.75) is 36.6 Å². The maximum absolute atomic E-state index is 12.5. The van der Waals surface area contributed by atoms with Gasteiger partial charge < -0.3 is 4.42 Å². The molecule has 1 fully saturated rings. The van der Waals surface area contributed by atoms with E-state index in [1.165, 1.54) is 36.6 Å². The molecule has 138 valence electrons. The van der Waals surface area contributed by atoms with Gasteiger partial charge in [0.2, 0.25) is 10.0 Å². The van der Waals surface area contributed by atoms with E-state index in [1.807, 2.05) is 0 Å². The molecule has 1 saturated carbocycles. The predicted octanol–water partition coefficient (Wildman–Crippen LogP) is 1.58. The molecule has 1 aliphatic carbocycles. The molecule has 9 heteroatoms. The van der Waals surface area contributed by atoms with Crippen LogP contribution >= 0.6 is 0 Å². The first-order chi connectivity index (χ1) is 12.5. The maximum Gasteiger partial charge on any atom is 0.305 e. The van der Waals surface area contributed by atoms with E-state index in [2.05, 4.69) is 15.6 Å². The van der Waals surface area contributed by atoms with Gasteiger partial charge >= 0.3 is 5.91 Å². The van der Waals surface area contributed by atoms with Crippen LogP contribution in [0.4, 0.5) is 0 Å². The first kappa shape index (κ1) is 18.2. The molecule has 0 bridgehead atoms. The molecule has 3 N–H and O–H groups in total. The number of rotatable bonds is 5. The number of carbonyl (C=O) groups excluding carboxylic acids is 2. The highest BCUT2D eigenvalue weighted by molar-refractivity contribution is 7.89. The minimum atomic E-state index is -3.70. The fraction of sp³-hybridized carbons (Fsp3) is 0.294. The molecule has 3 rings (SSSR count). The normalized spacial score (nSPS) is 14.9. The minimum absolute atomic E-state index is 0.00871. The minimum Gasteiger partial charge on any atom is -0.459 e. The molecule has 0 aliphatic heterocycles. The second kappa shape index (κ2) is 7.71. The highest BCUT2D eigenvalue weighted by atomic mass is 32.2. The summed E-state index contributed by atoms with van der Waals surface area (Å²) >= 11 is 0. The molecule has 2 amide bonds. The molecule has 1 aromatic heterocycles. The Morgan fingerprint density at radius 3 is 2.42 bits per heavy atom. The van der Waals surface area contributed by atoms with Crippen molar-refractivity contribution < 1.29 is 22.4 Å². The molecule has 0 unspecified atom stereocenters. The lowest BCUT2D eigenvalue weighted by atomic mass is 10.2. The Labute approximate surface area is 151 Å². The summed E-state index contributed by atoms with van der Waals surface area (Å²) in [7, 11) is -3.70. The zero-order valence-corrected chi connectivity index (χ0v) is 14.7. The Hall–Kier alpha value is -2.65. The number of carbonyl (C=O) groups is 2. The number of hydrogen-bond donors (Lipinski definition) is 3. The summed E-state index contributed by atoms with van der Waals surface area (Å²) in [4.78, 5) is 23.9. The van der Waals surface area contributed by atoms with Crippen molar-refractivity contribution in [3.63, 3.8) is 0 Å². The van der Waals surface area contributed by atoms with Gasteiger partial charge in [-0.1, -0.05) is 18.9 Å². The van der Waals surface area contributed by atoms with Crippen LogP contribution in [0.5, 0.6) is 0 Å². The van der Waals surface area contributed by atoms with Crippen molar-refractivity contribution in [2.24, 2.45) is 0 Å². The predicted molar refractivity (Wildman–Crippen MR) is 92.7 cm³/mol. The van der Waals surface area contributed by atoms with Gasteiger partial charge in [-0.3, -0.25) is 20.4 Å². The van der Waals surface area contributed by atoms with Crippen molar-refractivity contribution in [1.82, 2.24) is 15.6 Å². The SMILES string of the molecule is O=C(NNC(=O)c1ccco1)c1cccc(S(=O)(=O)NC2CCCC2)c1. The van der Waals surface area contributed by atoms with Gasteiger partial charge in [0.05, 0.1) is 11.2 Å². The third-order valence-corrected chi connectivity index (χ3v) is 5.64. The van der Waals surface area contributed by atoms with Crippen molar-refractivity contribution in [3.05, 3.63) is 54.0 Å². The summed E-state index contributed by atoms with van der Waals surface area (Å²) in [6.45, 7) is 0. The van der Waals surface area contributed by atoms with Crippen molar-refractivity contribution in [1.29, 1.82) is 0 Å². The molecule has 1 aliphatic rings. The number of hydrazine groups is 1. The average Bonchev–Trinajstić information content (AvgIpc) is 3.33. The van der Waals surface area contributed by atoms with Gasteiger partial charge in [0.15, 0.2) is 5.76 Å². The van der Waals surface area contributed by atoms with E-state index < -0.39 is 21.8 Å². The van der Waals surface area contributed by atoms with Crippen molar-refractivity contribution >= 4 is 21.8 Å². The molecule has 2 aromatic rings. The first-order valence-corrected chi connectivity index (χ1v) is 9.70. The van der Waals surface area contributed by atoms with E-state index in [4.69, 9.17) is 4.42 Å². The second-order valence-corrected chi connectivity index (χ2v) is 7.73. The van der Waals surface area contributed by atoms with Crippen LogP contribution in [-0.2, 0) is 10.0 Å². The molecule has 26 heavy (non-hydrogen) atoms. The lowest BCUT2D eigenvalue weighted by Gasteiger charge is -2.13. The Kier molecular flexibility index (Phi) is 5.38.